The van der Waals surface area contributed by atoms with Crippen molar-refractivity contribution in [3.63, 3.8) is 0 Å². The van der Waals surface area contributed by atoms with Crippen molar-refractivity contribution in [2.24, 2.45) is 0 Å². The fourth-order valence-corrected chi connectivity index (χ4v) is 1.84. The smallest absolute Gasteiger partial charge is 0.330 e. The van der Waals surface area contributed by atoms with E-state index < -0.39 is 18.0 Å². The average molecular weight is 286 g/mol. The molecule has 1 N–H and O–H groups in total. The number of ether oxygens (including phenoxy) is 1. The van der Waals surface area contributed by atoms with E-state index in [1.165, 1.54) is 6.08 Å². The Morgan fingerprint density at radius 2 is 1.90 bits per heavy atom. The Hall–Kier alpha value is -1.36. The first-order valence-corrected chi connectivity index (χ1v) is 7.14. The maximum absolute atomic E-state index is 11.6. The number of unbranched alkanes of at least 4 members (excludes halogenated alkanes) is 3. The first kappa shape index (κ1) is 18.6. The lowest BCUT2D eigenvalue weighted by molar-refractivity contribution is -0.873. The second-order valence-corrected chi connectivity index (χ2v) is 6.03. The first-order chi connectivity index (χ1) is 9.24. The molecule has 0 bridgehead atoms. The van der Waals surface area contributed by atoms with Crippen LogP contribution in [0.3, 0.4) is 0 Å². The van der Waals surface area contributed by atoms with E-state index in [1.807, 2.05) is 21.1 Å². The van der Waals surface area contributed by atoms with E-state index in [-0.39, 0.29) is 6.42 Å². The monoisotopic (exact) mass is 286 g/mol. The van der Waals surface area contributed by atoms with Crippen molar-refractivity contribution in [3.8, 4) is 0 Å². The molecular formula is C15H28NO4+. The van der Waals surface area contributed by atoms with Gasteiger partial charge in [0.05, 0.1) is 27.6 Å². The Bertz CT molecular complexity index is 331. The van der Waals surface area contributed by atoms with Crippen molar-refractivity contribution in [2.45, 2.75) is 45.1 Å². The number of carboxylic acid groups (broad SMARTS) is 1. The van der Waals surface area contributed by atoms with Gasteiger partial charge in [-0.1, -0.05) is 25.8 Å². The van der Waals surface area contributed by atoms with Crippen molar-refractivity contribution < 1.29 is 23.9 Å². The minimum absolute atomic E-state index is 0.162. The van der Waals surface area contributed by atoms with E-state index in [0.717, 1.165) is 25.7 Å². The van der Waals surface area contributed by atoms with E-state index >= 15 is 0 Å². The van der Waals surface area contributed by atoms with E-state index in [4.69, 9.17) is 9.84 Å². The Balaban J connectivity index is 4.27. The summed E-state index contributed by atoms with van der Waals surface area (Å²) >= 11 is 0. The van der Waals surface area contributed by atoms with Crippen LogP contribution < -0.4 is 0 Å². The highest BCUT2D eigenvalue weighted by Gasteiger charge is 2.23. The van der Waals surface area contributed by atoms with E-state index in [0.29, 0.717) is 11.0 Å². The second kappa shape index (κ2) is 9.53. The summed E-state index contributed by atoms with van der Waals surface area (Å²) in [5, 5.41) is 8.85. The number of hydrogen-bond acceptors (Lipinski definition) is 3. The molecule has 0 radical (unpaired) electrons. The lowest BCUT2D eigenvalue weighted by atomic mass is 10.2. The fraction of sp³-hybridized carbons (Fsp3) is 0.733. The Labute approximate surface area is 121 Å². The van der Waals surface area contributed by atoms with Crippen LogP contribution in [0.1, 0.15) is 39.0 Å². The molecule has 0 heterocycles. The number of carbonyl (C=O) groups is 2. The van der Waals surface area contributed by atoms with Crippen molar-refractivity contribution in [3.05, 3.63) is 12.2 Å². The summed E-state index contributed by atoms with van der Waals surface area (Å²) < 4.78 is 5.77. The normalized spacial score (nSPS) is 13.4. The highest BCUT2D eigenvalue weighted by Crippen LogP contribution is 2.06. The van der Waals surface area contributed by atoms with Crippen LogP contribution in [0.2, 0.25) is 0 Å². The number of esters is 1. The maximum Gasteiger partial charge on any atom is 0.330 e. The van der Waals surface area contributed by atoms with Gasteiger partial charge in [-0.15, -0.1) is 0 Å². The Kier molecular flexibility index (Phi) is 8.88. The standard InChI is InChI=1S/C15H27NO4/c1-5-6-7-8-9-10-15(19)20-13(11-14(17)18)12-16(2,3)4/h9-10,13H,5-8,11-12H2,1-4H3/p+1/b10-9+. The van der Waals surface area contributed by atoms with Crippen LogP contribution in [0.5, 0.6) is 0 Å². The number of rotatable bonds is 10. The van der Waals surface area contributed by atoms with Crippen LogP contribution >= 0.6 is 0 Å². The van der Waals surface area contributed by atoms with Crippen LogP contribution in [0.4, 0.5) is 0 Å². The molecule has 5 nitrogen and oxygen atoms in total. The van der Waals surface area contributed by atoms with Crippen molar-refractivity contribution in [1.29, 1.82) is 0 Å². The number of carbonyl (C=O) groups excluding carboxylic acids is 1. The minimum Gasteiger partial charge on any atom is -0.481 e. The molecule has 1 unspecified atom stereocenters. The van der Waals surface area contributed by atoms with Crippen LogP contribution in [-0.2, 0) is 14.3 Å². The molecular weight excluding hydrogens is 258 g/mol. The maximum atomic E-state index is 11.6. The van der Waals surface area contributed by atoms with Crippen molar-refractivity contribution >= 4 is 11.9 Å². The molecule has 0 aromatic heterocycles. The Morgan fingerprint density at radius 1 is 1.25 bits per heavy atom. The van der Waals surface area contributed by atoms with Gasteiger partial charge in [0.2, 0.25) is 0 Å². The zero-order valence-corrected chi connectivity index (χ0v) is 13.1. The largest absolute Gasteiger partial charge is 0.481 e. The molecule has 0 aliphatic carbocycles. The number of hydrogen-bond donors (Lipinski definition) is 1. The third kappa shape index (κ3) is 11.7. The summed E-state index contributed by atoms with van der Waals surface area (Å²) in [6, 6.07) is 0. The molecule has 116 valence electrons. The average Bonchev–Trinajstić information content (AvgIpc) is 2.25. The second-order valence-electron chi connectivity index (χ2n) is 6.03. The molecule has 1 atom stereocenters. The van der Waals surface area contributed by atoms with Crippen LogP contribution in [-0.4, -0.2) is 55.3 Å². The topological polar surface area (TPSA) is 63.6 Å². The van der Waals surface area contributed by atoms with Gasteiger partial charge in [0, 0.05) is 6.08 Å². The highest BCUT2D eigenvalue weighted by atomic mass is 16.5. The third-order valence-corrected chi connectivity index (χ3v) is 2.66. The Morgan fingerprint density at radius 3 is 2.40 bits per heavy atom. The number of likely N-dealkylation sites (N-methyl/N-ethyl adjacent to an activating group) is 1. The van der Waals surface area contributed by atoms with Gasteiger partial charge in [0.25, 0.3) is 0 Å². The number of aliphatic carboxylic acids is 1. The van der Waals surface area contributed by atoms with Gasteiger partial charge in [0.15, 0.2) is 6.10 Å². The van der Waals surface area contributed by atoms with Gasteiger partial charge in [-0.05, 0) is 12.8 Å². The fourth-order valence-electron chi connectivity index (χ4n) is 1.84. The summed E-state index contributed by atoms with van der Waals surface area (Å²) in [5.41, 5.74) is 0. The molecule has 0 amide bonds. The van der Waals surface area contributed by atoms with Gasteiger partial charge in [0.1, 0.15) is 6.54 Å². The van der Waals surface area contributed by atoms with Crippen LogP contribution in [0, 0.1) is 0 Å². The highest BCUT2D eigenvalue weighted by molar-refractivity contribution is 5.82. The molecule has 0 aromatic carbocycles. The lowest BCUT2D eigenvalue weighted by Gasteiger charge is -2.28. The number of carboxylic acids is 1. The molecule has 5 heteroatoms. The molecule has 0 spiro atoms. The first-order valence-electron chi connectivity index (χ1n) is 7.14. The number of allylic oxidation sites excluding steroid dienone is 1. The summed E-state index contributed by atoms with van der Waals surface area (Å²) in [6.07, 6.45) is 6.62. The summed E-state index contributed by atoms with van der Waals surface area (Å²) in [4.78, 5) is 22.4. The SMILES string of the molecule is CCCCC/C=C/C(=O)OC(CC(=O)O)C[N+](C)(C)C. The number of quaternary nitrogens is 1. The van der Waals surface area contributed by atoms with Gasteiger partial charge in [-0.25, -0.2) is 4.79 Å². The molecule has 0 aromatic rings. The van der Waals surface area contributed by atoms with Crippen molar-refractivity contribution in [2.75, 3.05) is 27.7 Å². The quantitative estimate of drug-likeness (QED) is 0.289. The summed E-state index contributed by atoms with van der Waals surface area (Å²) in [6.45, 7) is 2.60. The van der Waals surface area contributed by atoms with Gasteiger partial charge in [-0.2, -0.15) is 0 Å². The molecule has 0 saturated carbocycles. The van der Waals surface area contributed by atoms with Gasteiger partial charge < -0.3 is 14.3 Å². The zero-order valence-electron chi connectivity index (χ0n) is 13.1. The summed E-state index contributed by atoms with van der Waals surface area (Å²) in [5.74, 6) is -1.41. The molecule has 0 aliphatic heterocycles. The van der Waals surface area contributed by atoms with Gasteiger partial charge in [-0.3, -0.25) is 4.79 Å². The molecule has 20 heavy (non-hydrogen) atoms. The van der Waals surface area contributed by atoms with E-state index in [1.54, 1.807) is 6.08 Å². The molecule has 0 rings (SSSR count). The molecule has 0 saturated heterocycles. The lowest BCUT2D eigenvalue weighted by Crippen LogP contribution is -2.43. The van der Waals surface area contributed by atoms with Gasteiger partial charge >= 0.3 is 11.9 Å². The predicted octanol–water partition coefficient (Wildman–Crippen LogP) is 2.22. The molecule has 0 aliphatic rings. The van der Waals surface area contributed by atoms with E-state index in [2.05, 4.69) is 6.92 Å². The minimum atomic E-state index is -0.955. The predicted molar refractivity (Wildman–Crippen MR) is 78.3 cm³/mol. The number of nitrogens with zero attached hydrogens (tertiary/aromatic N) is 1. The molecule has 0 fully saturated rings. The van der Waals surface area contributed by atoms with Crippen LogP contribution in [0.15, 0.2) is 12.2 Å². The zero-order chi connectivity index (χ0) is 15.6. The van der Waals surface area contributed by atoms with Crippen molar-refractivity contribution in [1.82, 2.24) is 0 Å². The van der Waals surface area contributed by atoms with E-state index in [9.17, 15) is 9.59 Å². The summed E-state index contributed by atoms with van der Waals surface area (Å²) in [7, 11) is 5.80. The van der Waals surface area contributed by atoms with Crippen LogP contribution in [0.25, 0.3) is 0 Å². The third-order valence-electron chi connectivity index (χ3n) is 2.66.